The Labute approximate surface area is 89.1 Å². The third kappa shape index (κ3) is 3.94. The fourth-order valence-corrected chi connectivity index (χ4v) is 1.33. The van der Waals surface area contributed by atoms with E-state index in [1.54, 1.807) is 19.1 Å². The molecule has 15 heavy (non-hydrogen) atoms. The maximum absolute atomic E-state index is 11.6. The zero-order valence-corrected chi connectivity index (χ0v) is 8.90. The predicted molar refractivity (Wildman–Crippen MR) is 56.6 cm³/mol. The van der Waals surface area contributed by atoms with Crippen molar-refractivity contribution in [1.29, 1.82) is 0 Å². The number of ether oxygens (including phenoxy) is 1. The van der Waals surface area contributed by atoms with Gasteiger partial charge in [0.15, 0.2) is 5.78 Å². The van der Waals surface area contributed by atoms with Crippen LogP contribution in [0.4, 0.5) is 0 Å². The summed E-state index contributed by atoms with van der Waals surface area (Å²) in [5, 5.41) is 0. The van der Waals surface area contributed by atoms with Crippen LogP contribution in [0.25, 0.3) is 0 Å². The fraction of sp³-hybridized carbons (Fsp3) is 0.333. The Morgan fingerprint density at radius 3 is 2.40 bits per heavy atom. The molecule has 0 spiro atoms. The van der Waals surface area contributed by atoms with Crippen LogP contribution in [0, 0.1) is 0 Å². The molecule has 0 aliphatic heterocycles. The largest absolute Gasteiger partial charge is 0.462 e. The van der Waals surface area contributed by atoms with Gasteiger partial charge in [0, 0.05) is 18.9 Å². The van der Waals surface area contributed by atoms with Gasteiger partial charge in [-0.05, 0) is 6.92 Å². The van der Waals surface area contributed by atoms with Crippen molar-refractivity contribution in [2.24, 2.45) is 0 Å². The van der Waals surface area contributed by atoms with E-state index in [0.29, 0.717) is 5.56 Å². The maximum Gasteiger partial charge on any atom is 0.302 e. The first-order valence-electron chi connectivity index (χ1n) is 4.85. The molecule has 0 bridgehead atoms. The van der Waals surface area contributed by atoms with Gasteiger partial charge < -0.3 is 4.74 Å². The number of carbonyl (C=O) groups excluding carboxylic acids is 2. The van der Waals surface area contributed by atoms with Crippen molar-refractivity contribution in [3.8, 4) is 0 Å². The first kappa shape index (κ1) is 11.4. The average molecular weight is 206 g/mol. The second kappa shape index (κ2) is 5.29. The van der Waals surface area contributed by atoms with Crippen LogP contribution in [0.1, 0.15) is 30.6 Å². The van der Waals surface area contributed by atoms with E-state index in [2.05, 4.69) is 0 Å². The number of rotatable bonds is 4. The van der Waals surface area contributed by atoms with Crippen molar-refractivity contribution in [2.45, 2.75) is 26.4 Å². The smallest absolute Gasteiger partial charge is 0.302 e. The quantitative estimate of drug-likeness (QED) is 0.560. The van der Waals surface area contributed by atoms with E-state index in [1.807, 2.05) is 18.2 Å². The Hall–Kier alpha value is -1.64. The van der Waals surface area contributed by atoms with E-state index in [1.165, 1.54) is 6.92 Å². The topological polar surface area (TPSA) is 43.4 Å². The summed E-state index contributed by atoms with van der Waals surface area (Å²) in [6.45, 7) is 3.05. The van der Waals surface area contributed by atoms with Crippen LogP contribution in [-0.2, 0) is 9.53 Å². The summed E-state index contributed by atoms with van der Waals surface area (Å²) >= 11 is 0. The van der Waals surface area contributed by atoms with Gasteiger partial charge in [-0.15, -0.1) is 0 Å². The highest BCUT2D eigenvalue weighted by Gasteiger charge is 2.12. The number of esters is 1. The highest BCUT2D eigenvalue weighted by molar-refractivity contribution is 5.96. The minimum Gasteiger partial charge on any atom is -0.462 e. The zero-order valence-electron chi connectivity index (χ0n) is 8.90. The molecule has 0 saturated carbocycles. The van der Waals surface area contributed by atoms with Crippen LogP contribution in [0.2, 0.25) is 0 Å². The monoisotopic (exact) mass is 206 g/mol. The standard InChI is InChI=1S/C12H14O3/c1-9(15-10(2)13)8-12(14)11-6-4-3-5-7-11/h3-7,9H,8H2,1-2H3/t9-/m1/s1. The average Bonchev–Trinajstić information content (AvgIpc) is 2.17. The van der Waals surface area contributed by atoms with E-state index in [9.17, 15) is 9.59 Å². The molecule has 3 heteroatoms. The van der Waals surface area contributed by atoms with Gasteiger partial charge in [0.05, 0.1) is 0 Å². The molecule has 0 N–H and O–H groups in total. The van der Waals surface area contributed by atoms with Crippen molar-refractivity contribution in [3.63, 3.8) is 0 Å². The molecule has 0 unspecified atom stereocenters. The van der Waals surface area contributed by atoms with Crippen molar-refractivity contribution >= 4 is 11.8 Å². The predicted octanol–water partition coefficient (Wildman–Crippen LogP) is 2.21. The molecule has 0 fully saturated rings. The molecule has 0 aliphatic rings. The number of ketones is 1. The number of benzene rings is 1. The van der Waals surface area contributed by atoms with Gasteiger partial charge in [-0.1, -0.05) is 30.3 Å². The van der Waals surface area contributed by atoms with Crippen LogP contribution < -0.4 is 0 Å². The van der Waals surface area contributed by atoms with Gasteiger partial charge in [0.2, 0.25) is 0 Å². The van der Waals surface area contributed by atoms with Crippen LogP contribution in [-0.4, -0.2) is 17.9 Å². The summed E-state index contributed by atoms with van der Waals surface area (Å²) < 4.78 is 4.88. The van der Waals surface area contributed by atoms with Crippen LogP contribution in [0.3, 0.4) is 0 Å². The number of carbonyl (C=O) groups is 2. The van der Waals surface area contributed by atoms with Gasteiger partial charge >= 0.3 is 5.97 Å². The highest BCUT2D eigenvalue weighted by atomic mass is 16.5. The number of hydrogen-bond donors (Lipinski definition) is 0. The molecule has 1 aromatic rings. The Morgan fingerprint density at radius 2 is 1.87 bits per heavy atom. The van der Waals surface area contributed by atoms with Crippen molar-refractivity contribution < 1.29 is 14.3 Å². The molecule has 0 amide bonds. The maximum atomic E-state index is 11.6. The van der Waals surface area contributed by atoms with Gasteiger partial charge in [0.1, 0.15) is 6.10 Å². The lowest BCUT2D eigenvalue weighted by Crippen LogP contribution is -2.16. The molecule has 0 aromatic heterocycles. The lowest BCUT2D eigenvalue weighted by molar-refractivity contribution is -0.145. The molecule has 1 rings (SSSR count). The lowest BCUT2D eigenvalue weighted by Gasteiger charge is -2.10. The Morgan fingerprint density at radius 1 is 1.27 bits per heavy atom. The summed E-state index contributed by atoms with van der Waals surface area (Å²) in [7, 11) is 0. The second-order valence-electron chi connectivity index (χ2n) is 3.41. The SMILES string of the molecule is CC(=O)O[C@H](C)CC(=O)c1ccccc1. The Balaban J connectivity index is 2.53. The second-order valence-corrected chi connectivity index (χ2v) is 3.41. The van der Waals surface area contributed by atoms with E-state index >= 15 is 0 Å². The van der Waals surface area contributed by atoms with Gasteiger partial charge in [-0.3, -0.25) is 9.59 Å². The molecular weight excluding hydrogens is 192 g/mol. The minimum absolute atomic E-state index is 0.00986. The van der Waals surface area contributed by atoms with Crippen LogP contribution in [0.15, 0.2) is 30.3 Å². The molecule has 0 saturated heterocycles. The van der Waals surface area contributed by atoms with Gasteiger partial charge in [0.25, 0.3) is 0 Å². The molecule has 1 atom stereocenters. The fourth-order valence-electron chi connectivity index (χ4n) is 1.33. The lowest BCUT2D eigenvalue weighted by atomic mass is 10.1. The van der Waals surface area contributed by atoms with Gasteiger partial charge in [-0.2, -0.15) is 0 Å². The van der Waals surface area contributed by atoms with E-state index in [0.717, 1.165) is 0 Å². The summed E-state index contributed by atoms with van der Waals surface area (Å²) in [5.41, 5.74) is 0.650. The number of hydrogen-bond acceptors (Lipinski definition) is 3. The van der Waals surface area contributed by atoms with E-state index in [-0.39, 0.29) is 24.3 Å². The number of Topliss-reactive ketones (excluding diaryl/α,β-unsaturated/α-hetero) is 1. The molecule has 80 valence electrons. The molecule has 1 aromatic carbocycles. The molecule has 0 aliphatic carbocycles. The summed E-state index contributed by atoms with van der Waals surface area (Å²) in [6.07, 6.45) is -0.140. The molecule has 3 nitrogen and oxygen atoms in total. The van der Waals surface area contributed by atoms with E-state index < -0.39 is 0 Å². The summed E-state index contributed by atoms with van der Waals surface area (Å²) in [4.78, 5) is 22.3. The third-order valence-electron chi connectivity index (χ3n) is 1.94. The van der Waals surface area contributed by atoms with Crippen molar-refractivity contribution in [1.82, 2.24) is 0 Å². The first-order chi connectivity index (χ1) is 7.09. The molecular formula is C12H14O3. The minimum atomic E-state index is -0.366. The first-order valence-corrected chi connectivity index (χ1v) is 4.85. The Bertz CT molecular complexity index is 343. The zero-order chi connectivity index (χ0) is 11.3. The molecule has 0 radical (unpaired) electrons. The van der Waals surface area contributed by atoms with Crippen LogP contribution >= 0.6 is 0 Å². The normalized spacial score (nSPS) is 11.9. The van der Waals surface area contributed by atoms with Crippen molar-refractivity contribution in [3.05, 3.63) is 35.9 Å². The Kier molecular flexibility index (Phi) is 4.03. The molecule has 0 heterocycles. The van der Waals surface area contributed by atoms with Crippen molar-refractivity contribution in [2.75, 3.05) is 0 Å². The third-order valence-corrected chi connectivity index (χ3v) is 1.94. The summed E-state index contributed by atoms with van der Waals surface area (Å²) in [5.74, 6) is -0.368. The van der Waals surface area contributed by atoms with Gasteiger partial charge in [-0.25, -0.2) is 0 Å². The highest BCUT2D eigenvalue weighted by Crippen LogP contribution is 2.07. The van der Waals surface area contributed by atoms with E-state index in [4.69, 9.17) is 4.74 Å². The summed E-state index contributed by atoms with van der Waals surface area (Å²) in [6, 6.07) is 8.98. The van der Waals surface area contributed by atoms with Crippen LogP contribution in [0.5, 0.6) is 0 Å².